The molecule has 1 aromatic rings. The van der Waals surface area contributed by atoms with Gasteiger partial charge in [0.15, 0.2) is 0 Å². The molecule has 0 unspecified atom stereocenters. The lowest BCUT2D eigenvalue weighted by Gasteiger charge is -2.11. The van der Waals surface area contributed by atoms with Gasteiger partial charge in [-0.25, -0.2) is 0 Å². The van der Waals surface area contributed by atoms with Gasteiger partial charge in [-0.05, 0) is 30.2 Å². The third-order valence-corrected chi connectivity index (χ3v) is 4.20. The van der Waals surface area contributed by atoms with E-state index < -0.39 is 36.0 Å². The van der Waals surface area contributed by atoms with Crippen LogP contribution in [0.3, 0.4) is 0 Å². The second-order valence-electron chi connectivity index (χ2n) is 7.46. The van der Waals surface area contributed by atoms with Crippen LogP contribution in [0.5, 0.6) is 0 Å². The number of aliphatic carboxylic acids is 3. The summed E-state index contributed by atoms with van der Waals surface area (Å²) in [6.45, 7) is 7.65. The van der Waals surface area contributed by atoms with Crippen molar-refractivity contribution in [3.63, 3.8) is 0 Å². The minimum atomic E-state index is -0.959. The molecule has 1 aromatic carbocycles. The molecule has 0 saturated carbocycles. The molecule has 0 aliphatic heterocycles. The molecule has 4 atom stereocenters. The number of benzene rings is 1. The summed E-state index contributed by atoms with van der Waals surface area (Å²) in [4.78, 5) is 30.7. The van der Waals surface area contributed by atoms with Gasteiger partial charge in [0.2, 0.25) is 0 Å². The summed E-state index contributed by atoms with van der Waals surface area (Å²) in [6.07, 6.45) is 1.75. The van der Waals surface area contributed by atoms with Crippen LogP contribution >= 0.6 is 0 Å². The maximum Gasteiger partial charge on any atom is 0.320 e. The van der Waals surface area contributed by atoms with Gasteiger partial charge in [0.1, 0.15) is 18.1 Å². The molecular weight excluding hydrogens is 390 g/mol. The lowest BCUT2D eigenvalue weighted by atomic mass is 10.0. The van der Waals surface area contributed by atoms with Gasteiger partial charge in [-0.15, -0.1) is 0 Å². The molecular formula is C21H37N3O6. The molecule has 0 bridgehead atoms. The van der Waals surface area contributed by atoms with E-state index in [1.807, 2.05) is 58.0 Å². The van der Waals surface area contributed by atoms with E-state index in [9.17, 15) is 14.4 Å². The third-order valence-electron chi connectivity index (χ3n) is 4.20. The van der Waals surface area contributed by atoms with Gasteiger partial charge in [-0.2, -0.15) is 0 Å². The smallest absolute Gasteiger partial charge is 0.320 e. The van der Waals surface area contributed by atoms with E-state index >= 15 is 0 Å². The fraction of sp³-hybridized carbons (Fsp3) is 0.571. The number of hydrogen-bond acceptors (Lipinski definition) is 6. The molecule has 0 aliphatic rings. The van der Waals surface area contributed by atoms with Crippen LogP contribution < -0.4 is 17.2 Å². The number of nitrogens with two attached hydrogens (primary N) is 3. The van der Waals surface area contributed by atoms with E-state index in [1.165, 1.54) is 0 Å². The Balaban J connectivity index is 0. The summed E-state index contributed by atoms with van der Waals surface area (Å²) in [5, 5.41) is 25.2. The fourth-order valence-corrected chi connectivity index (χ4v) is 2.06. The molecule has 0 aliphatic carbocycles. The van der Waals surface area contributed by atoms with Gasteiger partial charge in [0.05, 0.1) is 0 Å². The predicted octanol–water partition coefficient (Wildman–Crippen LogP) is 1.53. The standard InChI is InChI=1S/C9H11NO2.2C6H13NO2/c10-8(9(11)12)6-7-4-2-1-3-5-7;1-4(2)3-5(7)6(8)9;1-3-4(2)5(7)6(8)9/h1-5,8H,6,10H2,(H,11,12);2*4-5H,3,7H2,1-2H3,(H,8,9)/t8-;5-;4-,5-/m000/s1. The van der Waals surface area contributed by atoms with Crippen LogP contribution in [-0.2, 0) is 20.8 Å². The zero-order valence-electron chi connectivity index (χ0n) is 18.2. The molecule has 172 valence electrons. The Kier molecular flexibility index (Phi) is 16.2. The zero-order valence-corrected chi connectivity index (χ0v) is 18.2. The van der Waals surface area contributed by atoms with Gasteiger partial charge in [0, 0.05) is 0 Å². The van der Waals surface area contributed by atoms with Crippen LogP contribution in [-0.4, -0.2) is 51.4 Å². The lowest BCUT2D eigenvalue weighted by Crippen LogP contribution is -2.36. The van der Waals surface area contributed by atoms with Crippen molar-refractivity contribution in [2.24, 2.45) is 29.0 Å². The van der Waals surface area contributed by atoms with Crippen molar-refractivity contribution in [1.82, 2.24) is 0 Å². The molecule has 0 fully saturated rings. The zero-order chi connectivity index (χ0) is 23.9. The Labute approximate surface area is 178 Å². The molecule has 0 saturated heterocycles. The Hall–Kier alpha value is -2.49. The van der Waals surface area contributed by atoms with Gasteiger partial charge < -0.3 is 32.5 Å². The van der Waals surface area contributed by atoms with E-state index in [0.29, 0.717) is 18.8 Å². The van der Waals surface area contributed by atoms with Crippen molar-refractivity contribution in [2.45, 2.75) is 65.1 Å². The first-order chi connectivity index (χ1) is 13.8. The molecule has 0 aromatic heterocycles. The van der Waals surface area contributed by atoms with Crippen LogP contribution in [0, 0.1) is 11.8 Å². The minimum absolute atomic E-state index is 0.0718. The second-order valence-corrected chi connectivity index (χ2v) is 7.46. The number of rotatable bonds is 9. The maximum atomic E-state index is 10.4. The Morgan fingerprint density at radius 3 is 1.57 bits per heavy atom. The summed E-state index contributed by atoms with van der Waals surface area (Å²) < 4.78 is 0. The van der Waals surface area contributed by atoms with E-state index in [1.54, 1.807) is 0 Å². The Morgan fingerprint density at radius 2 is 1.30 bits per heavy atom. The molecule has 0 radical (unpaired) electrons. The minimum Gasteiger partial charge on any atom is -0.480 e. The van der Waals surface area contributed by atoms with Crippen molar-refractivity contribution in [3.05, 3.63) is 35.9 Å². The van der Waals surface area contributed by atoms with Crippen molar-refractivity contribution in [1.29, 1.82) is 0 Å². The highest BCUT2D eigenvalue weighted by Crippen LogP contribution is 2.04. The van der Waals surface area contributed by atoms with Gasteiger partial charge in [0.25, 0.3) is 0 Å². The summed E-state index contributed by atoms with van der Waals surface area (Å²) in [5.74, 6) is -2.36. The van der Waals surface area contributed by atoms with Crippen molar-refractivity contribution in [2.75, 3.05) is 0 Å². The van der Waals surface area contributed by atoms with Crippen molar-refractivity contribution in [3.8, 4) is 0 Å². The summed E-state index contributed by atoms with van der Waals surface area (Å²) in [6, 6.07) is 7.15. The molecule has 9 N–H and O–H groups in total. The lowest BCUT2D eigenvalue weighted by molar-refractivity contribution is -0.140. The number of carbonyl (C=O) groups is 3. The molecule has 0 amide bonds. The van der Waals surface area contributed by atoms with Gasteiger partial charge in [-0.3, -0.25) is 14.4 Å². The van der Waals surface area contributed by atoms with Crippen molar-refractivity contribution >= 4 is 17.9 Å². The topological polar surface area (TPSA) is 190 Å². The second kappa shape index (κ2) is 16.3. The average molecular weight is 428 g/mol. The molecule has 30 heavy (non-hydrogen) atoms. The first-order valence-electron chi connectivity index (χ1n) is 9.82. The summed E-state index contributed by atoms with van der Waals surface area (Å²) in [5.41, 5.74) is 16.8. The predicted molar refractivity (Wildman–Crippen MR) is 116 cm³/mol. The average Bonchev–Trinajstić information content (AvgIpc) is 2.67. The third kappa shape index (κ3) is 15.4. The number of hydrogen-bond donors (Lipinski definition) is 6. The molecule has 1 rings (SSSR count). The fourth-order valence-electron chi connectivity index (χ4n) is 2.06. The molecule has 0 heterocycles. The van der Waals surface area contributed by atoms with E-state index in [0.717, 1.165) is 12.0 Å². The van der Waals surface area contributed by atoms with Crippen LogP contribution in [0.1, 0.15) is 46.1 Å². The van der Waals surface area contributed by atoms with Crippen LogP contribution in [0.4, 0.5) is 0 Å². The largest absolute Gasteiger partial charge is 0.480 e. The Morgan fingerprint density at radius 1 is 0.833 bits per heavy atom. The first kappa shape index (κ1) is 29.7. The highest BCUT2D eigenvalue weighted by atomic mass is 16.4. The van der Waals surface area contributed by atoms with Crippen LogP contribution in [0.2, 0.25) is 0 Å². The summed E-state index contributed by atoms with van der Waals surface area (Å²) >= 11 is 0. The van der Waals surface area contributed by atoms with Gasteiger partial charge in [-0.1, -0.05) is 64.4 Å². The van der Waals surface area contributed by atoms with E-state index in [4.69, 9.17) is 32.5 Å². The summed E-state index contributed by atoms with van der Waals surface area (Å²) in [7, 11) is 0. The SMILES string of the molecule is CC(C)C[C@H](N)C(=O)O.CC[C@H](C)[C@H](N)C(=O)O.N[C@@H](Cc1ccccc1)C(=O)O. The van der Waals surface area contributed by atoms with E-state index in [-0.39, 0.29) is 5.92 Å². The highest BCUT2D eigenvalue weighted by molar-refractivity contribution is 5.74. The molecule has 0 spiro atoms. The van der Waals surface area contributed by atoms with Crippen molar-refractivity contribution < 1.29 is 29.7 Å². The monoisotopic (exact) mass is 427 g/mol. The highest BCUT2D eigenvalue weighted by Gasteiger charge is 2.17. The number of carboxylic acid groups (broad SMARTS) is 3. The molecule has 9 nitrogen and oxygen atoms in total. The van der Waals surface area contributed by atoms with Crippen LogP contribution in [0.25, 0.3) is 0 Å². The van der Waals surface area contributed by atoms with Gasteiger partial charge >= 0.3 is 17.9 Å². The van der Waals surface area contributed by atoms with Crippen LogP contribution in [0.15, 0.2) is 30.3 Å². The maximum absolute atomic E-state index is 10.4. The Bertz CT molecular complexity index is 624. The quantitative estimate of drug-likeness (QED) is 0.339. The normalized spacial score (nSPS) is 14.1. The van der Waals surface area contributed by atoms with E-state index in [2.05, 4.69) is 0 Å². The number of carboxylic acids is 3. The molecule has 9 heteroatoms. The first-order valence-corrected chi connectivity index (χ1v) is 9.82.